The molecule has 0 bridgehead atoms. The van der Waals surface area contributed by atoms with E-state index in [-0.39, 0.29) is 12.4 Å². The highest BCUT2D eigenvalue weighted by Crippen LogP contribution is 2.37. The number of hydrogen-bond donors (Lipinski definition) is 0. The van der Waals surface area contributed by atoms with E-state index < -0.39 is 5.97 Å². The molecule has 6 rings (SSSR count). The Labute approximate surface area is 212 Å². The standard InChI is InChI=1S/C30H22N2O3S/c1-17-29(36-18(2)31-17)27-15-25(23-9-5-6-10-26(23)32-27)30(34)35-16-28(33)21-12-11-20-13-19-7-3-4-8-22(19)24(20)14-21/h3-12,14-15H,13,16H2,1-2H3. The number of ether oxygens (including phenoxy) is 1. The fraction of sp³-hybridized carbons (Fsp3) is 0.133. The number of esters is 1. The average Bonchev–Trinajstić information content (AvgIpc) is 3.44. The van der Waals surface area contributed by atoms with Gasteiger partial charge >= 0.3 is 5.97 Å². The number of hydrogen-bond acceptors (Lipinski definition) is 6. The second-order valence-electron chi connectivity index (χ2n) is 8.92. The van der Waals surface area contributed by atoms with Crippen LogP contribution in [0.25, 0.3) is 32.6 Å². The predicted molar refractivity (Wildman–Crippen MR) is 142 cm³/mol. The van der Waals surface area contributed by atoms with Crippen LogP contribution in [0.3, 0.4) is 0 Å². The topological polar surface area (TPSA) is 69.2 Å². The highest BCUT2D eigenvalue weighted by Gasteiger charge is 2.22. The molecule has 0 atom stereocenters. The minimum Gasteiger partial charge on any atom is -0.454 e. The summed E-state index contributed by atoms with van der Waals surface area (Å²) in [5.41, 5.74) is 7.85. The monoisotopic (exact) mass is 490 g/mol. The van der Waals surface area contributed by atoms with E-state index in [1.165, 1.54) is 22.5 Å². The second-order valence-corrected chi connectivity index (χ2v) is 10.1. The zero-order valence-electron chi connectivity index (χ0n) is 19.9. The van der Waals surface area contributed by atoms with Crippen LogP contribution in [0.4, 0.5) is 0 Å². The second kappa shape index (κ2) is 8.81. The summed E-state index contributed by atoms with van der Waals surface area (Å²) in [7, 11) is 0. The van der Waals surface area contributed by atoms with E-state index in [1.807, 2.05) is 68.4 Å². The Kier molecular flexibility index (Phi) is 5.46. The Morgan fingerprint density at radius 1 is 0.889 bits per heavy atom. The number of fused-ring (bicyclic) bond motifs is 4. The van der Waals surface area contributed by atoms with Crippen LogP contribution in [0.1, 0.15) is 42.5 Å². The summed E-state index contributed by atoms with van der Waals surface area (Å²) in [4.78, 5) is 36.4. The quantitative estimate of drug-likeness (QED) is 0.202. The fourth-order valence-corrected chi connectivity index (χ4v) is 5.70. The molecule has 1 aliphatic carbocycles. The minimum atomic E-state index is -0.548. The highest BCUT2D eigenvalue weighted by atomic mass is 32.1. The Morgan fingerprint density at radius 3 is 2.50 bits per heavy atom. The number of aryl methyl sites for hydroxylation is 2. The molecule has 0 spiro atoms. The molecule has 176 valence electrons. The van der Waals surface area contributed by atoms with Crippen molar-refractivity contribution in [2.24, 2.45) is 0 Å². The maximum absolute atomic E-state index is 13.2. The lowest BCUT2D eigenvalue weighted by molar-refractivity contribution is 0.0476. The van der Waals surface area contributed by atoms with E-state index in [9.17, 15) is 9.59 Å². The molecule has 0 aliphatic heterocycles. The summed E-state index contributed by atoms with van der Waals surface area (Å²) in [5, 5.41) is 1.62. The van der Waals surface area contributed by atoms with Gasteiger partial charge in [-0.15, -0.1) is 11.3 Å². The van der Waals surface area contributed by atoms with Crippen LogP contribution in [0.2, 0.25) is 0 Å². The molecule has 0 unspecified atom stereocenters. The van der Waals surface area contributed by atoms with Gasteiger partial charge in [-0.1, -0.05) is 54.6 Å². The highest BCUT2D eigenvalue weighted by molar-refractivity contribution is 7.15. The minimum absolute atomic E-state index is 0.233. The van der Waals surface area contributed by atoms with Gasteiger partial charge < -0.3 is 4.74 Å². The van der Waals surface area contributed by atoms with Crippen molar-refractivity contribution in [2.45, 2.75) is 20.3 Å². The van der Waals surface area contributed by atoms with Crippen LogP contribution in [0, 0.1) is 13.8 Å². The van der Waals surface area contributed by atoms with Crippen molar-refractivity contribution >= 4 is 34.0 Å². The van der Waals surface area contributed by atoms with Crippen molar-refractivity contribution in [1.82, 2.24) is 9.97 Å². The maximum atomic E-state index is 13.2. The van der Waals surface area contributed by atoms with Gasteiger partial charge in [-0.2, -0.15) is 0 Å². The van der Waals surface area contributed by atoms with E-state index in [0.717, 1.165) is 33.1 Å². The summed E-state index contributed by atoms with van der Waals surface area (Å²) in [6, 6.07) is 23.1. The van der Waals surface area contributed by atoms with Gasteiger partial charge in [-0.25, -0.2) is 14.8 Å². The average molecular weight is 491 g/mol. The van der Waals surface area contributed by atoms with Gasteiger partial charge in [0.15, 0.2) is 12.4 Å². The SMILES string of the molecule is Cc1nc(C)c(-c2cc(C(=O)OCC(=O)c3ccc4c(c3)-c3ccccc3C4)c3ccccc3n2)s1. The molecule has 0 amide bonds. The lowest BCUT2D eigenvalue weighted by Gasteiger charge is -2.10. The van der Waals surface area contributed by atoms with E-state index in [4.69, 9.17) is 9.72 Å². The normalized spacial score (nSPS) is 11.8. The molecule has 6 heteroatoms. The lowest BCUT2D eigenvalue weighted by Crippen LogP contribution is -2.15. The smallest absolute Gasteiger partial charge is 0.339 e. The first-order valence-corrected chi connectivity index (χ1v) is 12.6. The summed E-state index contributed by atoms with van der Waals surface area (Å²) in [6.07, 6.45) is 0.866. The summed E-state index contributed by atoms with van der Waals surface area (Å²) in [6.45, 7) is 3.55. The third kappa shape index (κ3) is 3.89. The number of ketones is 1. The summed E-state index contributed by atoms with van der Waals surface area (Å²) in [5.74, 6) is -0.781. The number of Topliss-reactive ketones (excluding diaryl/α,β-unsaturated/α-hetero) is 1. The predicted octanol–water partition coefficient (Wildman–Crippen LogP) is 6.59. The molecular weight excluding hydrogens is 468 g/mol. The first kappa shape index (κ1) is 22.3. The Balaban J connectivity index is 1.27. The van der Waals surface area contributed by atoms with Gasteiger partial charge in [0.05, 0.1) is 32.4 Å². The van der Waals surface area contributed by atoms with Crippen molar-refractivity contribution in [3.05, 3.63) is 106 Å². The molecule has 0 saturated heterocycles. The van der Waals surface area contributed by atoms with E-state index in [1.54, 1.807) is 6.07 Å². The maximum Gasteiger partial charge on any atom is 0.339 e. The molecule has 0 fully saturated rings. The van der Waals surface area contributed by atoms with Gasteiger partial charge in [-0.3, -0.25) is 4.79 Å². The molecule has 0 radical (unpaired) electrons. The molecule has 2 heterocycles. The number of carbonyl (C=O) groups is 2. The number of carbonyl (C=O) groups excluding carboxylic acids is 2. The van der Waals surface area contributed by atoms with Gasteiger partial charge in [0, 0.05) is 10.9 Å². The Hall–Kier alpha value is -4.16. The molecule has 5 aromatic rings. The molecule has 0 N–H and O–H groups in total. The molecule has 36 heavy (non-hydrogen) atoms. The third-order valence-electron chi connectivity index (χ3n) is 6.53. The van der Waals surface area contributed by atoms with Crippen molar-refractivity contribution in [1.29, 1.82) is 0 Å². The van der Waals surface area contributed by atoms with Crippen LogP contribution in [-0.4, -0.2) is 28.3 Å². The number of thiazole rings is 1. The third-order valence-corrected chi connectivity index (χ3v) is 7.62. The van der Waals surface area contributed by atoms with Crippen molar-refractivity contribution in [3.63, 3.8) is 0 Å². The number of nitrogens with zero attached hydrogens (tertiary/aromatic N) is 2. The molecule has 5 nitrogen and oxygen atoms in total. The Bertz CT molecular complexity index is 1690. The van der Waals surface area contributed by atoms with E-state index in [0.29, 0.717) is 27.7 Å². The first-order valence-electron chi connectivity index (χ1n) is 11.7. The molecule has 2 aromatic heterocycles. The number of aromatic nitrogens is 2. The van der Waals surface area contributed by atoms with Gasteiger partial charge in [0.25, 0.3) is 0 Å². The van der Waals surface area contributed by atoms with Crippen LogP contribution in [-0.2, 0) is 11.2 Å². The lowest BCUT2D eigenvalue weighted by atomic mass is 10.0. The Morgan fingerprint density at radius 2 is 1.67 bits per heavy atom. The van der Waals surface area contributed by atoms with E-state index in [2.05, 4.69) is 17.1 Å². The van der Waals surface area contributed by atoms with Crippen LogP contribution >= 0.6 is 11.3 Å². The largest absolute Gasteiger partial charge is 0.454 e. The van der Waals surface area contributed by atoms with Gasteiger partial charge in [-0.05, 0) is 60.7 Å². The summed E-state index contributed by atoms with van der Waals surface area (Å²) < 4.78 is 5.54. The first-order chi connectivity index (χ1) is 17.5. The van der Waals surface area contributed by atoms with E-state index >= 15 is 0 Å². The van der Waals surface area contributed by atoms with Crippen molar-refractivity contribution < 1.29 is 14.3 Å². The van der Waals surface area contributed by atoms with Gasteiger partial charge in [0.2, 0.25) is 0 Å². The fourth-order valence-electron chi connectivity index (χ4n) is 4.82. The zero-order chi connectivity index (χ0) is 24.8. The molecule has 3 aromatic carbocycles. The van der Waals surface area contributed by atoms with Crippen molar-refractivity contribution in [3.8, 4) is 21.7 Å². The number of pyridine rings is 1. The number of para-hydroxylation sites is 1. The van der Waals surface area contributed by atoms with Crippen molar-refractivity contribution in [2.75, 3.05) is 6.61 Å². The van der Waals surface area contributed by atoms with Crippen LogP contribution in [0.5, 0.6) is 0 Å². The zero-order valence-corrected chi connectivity index (χ0v) is 20.7. The van der Waals surface area contributed by atoms with Crippen LogP contribution in [0.15, 0.2) is 72.8 Å². The number of rotatable bonds is 5. The summed E-state index contributed by atoms with van der Waals surface area (Å²) >= 11 is 1.54. The number of benzene rings is 3. The molecular formula is C30H22N2O3S. The van der Waals surface area contributed by atoms with Gasteiger partial charge in [0.1, 0.15) is 0 Å². The molecule has 1 aliphatic rings. The van der Waals surface area contributed by atoms with Crippen LogP contribution < -0.4 is 0 Å². The molecule has 0 saturated carbocycles.